The first-order valence-corrected chi connectivity index (χ1v) is 6.18. The molecule has 3 aromatic rings. The number of fused-ring (bicyclic) bond motifs is 1. The lowest BCUT2D eigenvalue weighted by atomic mass is 10.1. The normalized spacial score (nSPS) is 10.7. The van der Waals surface area contributed by atoms with Crippen LogP contribution in [-0.4, -0.2) is 21.4 Å². The summed E-state index contributed by atoms with van der Waals surface area (Å²) in [7, 11) is 1.53. The van der Waals surface area contributed by atoms with Crippen molar-refractivity contribution in [3.63, 3.8) is 0 Å². The minimum Gasteiger partial charge on any atom is -0.493 e. The van der Waals surface area contributed by atoms with Gasteiger partial charge in [0.25, 0.3) is 5.69 Å². The predicted octanol–water partition coefficient (Wildman–Crippen LogP) is 2.50. The van der Waals surface area contributed by atoms with E-state index in [1.807, 2.05) is 0 Å². The molecule has 0 bridgehead atoms. The summed E-state index contributed by atoms with van der Waals surface area (Å²) in [5.74, 6) is 0.882. The summed E-state index contributed by atoms with van der Waals surface area (Å²) >= 11 is 0. The first-order valence-electron chi connectivity index (χ1n) is 6.18. The van der Waals surface area contributed by atoms with Gasteiger partial charge < -0.3 is 10.5 Å². The number of ether oxygens (including phenoxy) is 1. The van der Waals surface area contributed by atoms with E-state index >= 15 is 0 Å². The van der Waals surface area contributed by atoms with E-state index in [-0.39, 0.29) is 5.69 Å². The minimum atomic E-state index is -0.448. The quantitative estimate of drug-likeness (QED) is 0.589. The largest absolute Gasteiger partial charge is 0.493 e. The second-order valence-electron chi connectivity index (χ2n) is 4.39. The summed E-state index contributed by atoms with van der Waals surface area (Å²) in [6.07, 6.45) is 1.73. The number of nitro groups is 1. The Hall–Kier alpha value is -3.09. The number of hydrogen-bond acceptors (Lipinski definition) is 5. The molecule has 3 rings (SSSR count). The summed E-state index contributed by atoms with van der Waals surface area (Å²) in [6, 6.07) is 9.90. The van der Waals surface area contributed by atoms with E-state index in [0.29, 0.717) is 28.5 Å². The lowest BCUT2D eigenvalue weighted by Crippen LogP contribution is -1.96. The molecule has 0 aliphatic heterocycles. The monoisotopic (exact) mass is 284 g/mol. The Kier molecular flexibility index (Phi) is 2.94. The lowest BCUT2D eigenvalue weighted by molar-refractivity contribution is -0.384. The van der Waals surface area contributed by atoms with Crippen molar-refractivity contribution in [3.8, 4) is 17.0 Å². The number of benzene rings is 1. The van der Waals surface area contributed by atoms with Crippen LogP contribution in [-0.2, 0) is 0 Å². The zero-order chi connectivity index (χ0) is 15.0. The number of nitro benzene ring substituents is 1. The summed E-state index contributed by atoms with van der Waals surface area (Å²) < 4.78 is 6.88. The van der Waals surface area contributed by atoms with Crippen LogP contribution in [0.15, 0.2) is 42.6 Å². The number of pyridine rings is 1. The van der Waals surface area contributed by atoms with Gasteiger partial charge in [0.05, 0.1) is 17.6 Å². The van der Waals surface area contributed by atoms with Gasteiger partial charge in [-0.25, -0.2) is 4.98 Å². The first-order chi connectivity index (χ1) is 10.1. The highest BCUT2D eigenvalue weighted by Crippen LogP contribution is 2.35. The van der Waals surface area contributed by atoms with E-state index in [2.05, 4.69) is 4.98 Å². The number of aromatic nitrogens is 2. The van der Waals surface area contributed by atoms with Gasteiger partial charge in [0, 0.05) is 12.3 Å². The topological polar surface area (TPSA) is 95.7 Å². The molecule has 106 valence electrons. The predicted molar refractivity (Wildman–Crippen MR) is 78.2 cm³/mol. The van der Waals surface area contributed by atoms with E-state index < -0.39 is 4.92 Å². The number of nitrogens with two attached hydrogens (primary N) is 1. The number of hydrogen-bond donors (Lipinski definition) is 1. The molecule has 0 aliphatic carbocycles. The average Bonchev–Trinajstić information content (AvgIpc) is 2.84. The molecule has 0 spiro atoms. The van der Waals surface area contributed by atoms with Gasteiger partial charge in [-0.05, 0) is 18.2 Å². The molecule has 1 aromatic carbocycles. The highest BCUT2D eigenvalue weighted by atomic mass is 16.6. The van der Waals surface area contributed by atoms with E-state index in [1.165, 1.54) is 13.2 Å². The van der Waals surface area contributed by atoms with Crippen molar-refractivity contribution in [2.24, 2.45) is 0 Å². The summed E-state index contributed by atoms with van der Waals surface area (Å²) in [5.41, 5.74) is 7.32. The molecule has 2 heterocycles. The molecule has 0 amide bonds. The van der Waals surface area contributed by atoms with Gasteiger partial charge in [-0.15, -0.1) is 0 Å². The fourth-order valence-electron chi connectivity index (χ4n) is 2.25. The summed E-state index contributed by atoms with van der Waals surface area (Å²) in [6.45, 7) is 0. The second kappa shape index (κ2) is 4.78. The Morgan fingerprint density at radius 2 is 2.05 bits per heavy atom. The van der Waals surface area contributed by atoms with Gasteiger partial charge in [-0.1, -0.05) is 12.1 Å². The number of para-hydroxylation sites is 1. The highest BCUT2D eigenvalue weighted by Gasteiger charge is 2.21. The van der Waals surface area contributed by atoms with Gasteiger partial charge in [0.15, 0.2) is 11.4 Å². The Balaban J connectivity index is 2.32. The van der Waals surface area contributed by atoms with E-state index in [0.717, 1.165) is 0 Å². The number of nitrogen functional groups attached to an aromatic ring is 1. The van der Waals surface area contributed by atoms with Crippen molar-refractivity contribution >= 4 is 17.2 Å². The first kappa shape index (κ1) is 12.9. The van der Waals surface area contributed by atoms with Crippen LogP contribution in [0, 0.1) is 10.1 Å². The number of imidazole rings is 1. The van der Waals surface area contributed by atoms with Crippen LogP contribution in [0.5, 0.6) is 5.75 Å². The van der Waals surface area contributed by atoms with Gasteiger partial charge in [-0.3, -0.25) is 14.5 Å². The molecule has 21 heavy (non-hydrogen) atoms. The van der Waals surface area contributed by atoms with Gasteiger partial charge in [0.1, 0.15) is 11.5 Å². The smallest absolute Gasteiger partial charge is 0.278 e. The van der Waals surface area contributed by atoms with Crippen LogP contribution in [0.3, 0.4) is 0 Å². The number of rotatable bonds is 3. The molecule has 7 nitrogen and oxygen atoms in total. The number of nitrogens with zero attached hydrogens (tertiary/aromatic N) is 3. The van der Waals surface area contributed by atoms with Gasteiger partial charge in [0.2, 0.25) is 0 Å². The number of anilines is 1. The standard InChI is InChI=1S/C14H12N4O3/c1-21-11-7-4-8-17-13(15)12(16-14(11)17)9-5-2-3-6-10(9)18(19)20/h2-8H,15H2,1H3. The Morgan fingerprint density at radius 3 is 2.76 bits per heavy atom. The van der Waals surface area contributed by atoms with Crippen LogP contribution in [0.2, 0.25) is 0 Å². The molecule has 2 N–H and O–H groups in total. The van der Waals surface area contributed by atoms with Crippen molar-refractivity contribution in [3.05, 3.63) is 52.7 Å². The second-order valence-corrected chi connectivity index (χ2v) is 4.39. The number of methoxy groups -OCH3 is 1. The molecule has 0 fully saturated rings. The van der Waals surface area contributed by atoms with Crippen molar-refractivity contribution in [2.75, 3.05) is 12.8 Å². The zero-order valence-electron chi connectivity index (χ0n) is 11.2. The lowest BCUT2D eigenvalue weighted by Gasteiger charge is -2.01. The molecule has 0 unspecified atom stereocenters. The fraction of sp³-hybridized carbons (Fsp3) is 0.0714. The molecule has 0 saturated carbocycles. The van der Waals surface area contributed by atoms with Crippen molar-refractivity contribution < 1.29 is 9.66 Å². The van der Waals surface area contributed by atoms with E-state index in [9.17, 15) is 10.1 Å². The SMILES string of the molecule is COc1cccn2c(N)c(-c3ccccc3[N+](=O)[O-])nc12. The molecule has 2 aromatic heterocycles. The van der Waals surface area contributed by atoms with E-state index in [4.69, 9.17) is 10.5 Å². The van der Waals surface area contributed by atoms with Crippen LogP contribution < -0.4 is 10.5 Å². The van der Waals surface area contributed by atoms with Crippen molar-refractivity contribution in [2.45, 2.75) is 0 Å². The van der Waals surface area contributed by atoms with E-state index in [1.54, 1.807) is 40.9 Å². The fourth-order valence-corrected chi connectivity index (χ4v) is 2.25. The third-order valence-corrected chi connectivity index (χ3v) is 3.23. The molecule has 0 saturated heterocycles. The van der Waals surface area contributed by atoms with Crippen LogP contribution in [0.1, 0.15) is 0 Å². The van der Waals surface area contributed by atoms with Gasteiger partial charge >= 0.3 is 0 Å². The Bertz CT molecular complexity index is 841. The molecule has 0 aliphatic rings. The summed E-state index contributed by atoms with van der Waals surface area (Å²) in [4.78, 5) is 15.1. The van der Waals surface area contributed by atoms with Gasteiger partial charge in [-0.2, -0.15) is 0 Å². The molecular weight excluding hydrogens is 272 g/mol. The third-order valence-electron chi connectivity index (χ3n) is 3.23. The Morgan fingerprint density at radius 1 is 1.29 bits per heavy atom. The molecule has 7 heteroatoms. The molecule has 0 atom stereocenters. The van der Waals surface area contributed by atoms with Crippen molar-refractivity contribution in [1.29, 1.82) is 0 Å². The molecular formula is C14H12N4O3. The maximum Gasteiger partial charge on any atom is 0.278 e. The third kappa shape index (κ3) is 1.95. The zero-order valence-corrected chi connectivity index (χ0v) is 11.2. The maximum atomic E-state index is 11.2. The minimum absolute atomic E-state index is 0.0356. The average molecular weight is 284 g/mol. The van der Waals surface area contributed by atoms with Crippen LogP contribution >= 0.6 is 0 Å². The van der Waals surface area contributed by atoms with Crippen LogP contribution in [0.4, 0.5) is 11.5 Å². The Labute approximate surface area is 119 Å². The summed E-state index contributed by atoms with van der Waals surface area (Å²) in [5, 5.41) is 11.2. The van der Waals surface area contributed by atoms with Crippen molar-refractivity contribution in [1.82, 2.24) is 9.38 Å². The van der Waals surface area contributed by atoms with Crippen LogP contribution in [0.25, 0.3) is 16.9 Å². The maximum absolute atomic E-state index is 11.2. The molecule has 0 radical (unpaired) electrons. The highest BCUT2D eigenvalue weighted by molar-refractivity contribution is 5.82.